The van der Waals surface area contributed by atoms with Crippen molar-refractivity contribution in [1.29, 1.82) is 0 Å². The minimum Gasteiger partial charge on any atom is -0.375 e. The van der Waals surface area contributed by atoms with Crippen molar-refractivity contribution in [1.82, 2.24) is 5.32 Å². The van der Waals surface area contributed by atoms with Gasteiger partial charge in [0, 0.05) is 12.6 Å². The van der Waals surface area contributed by atoms with Crippen LogP contribution in [-0.2, 0) is 9.53 Å². The topological polar surface area (TPSA) is 64.4 Å². The highest BCUT2D eigenvalue weighted by molar-refractivity contribution is 5.79. The first-order chi connectivity index (χ1) is 8.33. The summed E-state index contributed by atoms with van der Waals surface area (Å²) in [5.41, 5.74) is 5.10. The van der Waals surface area contributed by atoms with Gasteiger partial charge in [-0.2, -0.15) is 8.78 Å². The summed E-state index contributed by atoms with van der Waals surface area (Å²) in [4.78, 5) is 11.0. The highest BCUT2D eigenvalue weighted by Gasteiger charge is 2.41. The van der Waals surface area contributed by atoms with E-state index in [4.69, 9.17) is 5.73 Å². The third-order valence-corrected chi connectivity index (χ3v) is 2.52. The van der Waals surface area contributed by atoms with Gasteiger partial charge in [0.1, 0.15) is 6.61 Å². The number of primary amides is 1. The summed E-state index contributed by atoms with van der Waals surface area (Å²) in [5.74, 6) is -4.77. The first kappa shape index (κ1) is 15.2. The van der Waals surface area contributed by atoms with Crippen LogP contribution in [0.4, 0.5) is 17.6 Å². The number of carbonyl (C=O) groups is 1. The van der Waals surface area contributed by atoms with Crippen molar-refractivity contribution >= 4 is 5.91 Å². The molecule has 0 radical (unpaired) electrons. The molecular weight excluding hydrogens is 256 g/mol. The molecule has 0 spiro atoms. The Morgan fingerprint density at radius 3 is 2.50 bits per heavy atom. The number of hydrogen-bond acceptors (Lipinski definition) is 3. The fourth-order valence-corrected chi connectivity index (χ4v) is 1.31. The van der Waals surface area contributed by atoms with Crippen molar-refractivity contribution in [2.45, 2.75) is 43.7 Å². The van der Waals surface area contributed by atoms with Crippen LogP contribution in [0.3, 0.4) is 0 Å². The van der Waals surface area contributed by atoms with E-state index in [2.05, 4.69) is 10.1 Å². The molecule has 1 aliphatic carbocycles. The lowest BCUT2D eigenvalue weighted by Gasteiger charge is -2.17. The molecule has 4 nitrogen and oxygen atoms in total. The molecule has 1 amide bonds. The summed E-state index contributed by atoms with van der Waals surface area (Å²) >= 11 is 0. The molecule has 0 bridgehead atoms. The maximum Gasteiger partial charge on any atom is 0.330 e. The molecule has 1 fully saturated rings. The van der Waals surface area contributed by atoms with Gasteiger partial charge >= 0.3 is 12.3 Å². The number of hydrogen-bond donors (Lipinski definition) is 2. The van der Waals surface area contributed by atoms with Crippen molar-refractivity contribution in [3.8, 4) is 0 Å². The Bertz CT molecular complexity index is 285. The van der Waals surface area contributed by atoms with Crippen LogP contribution in [0.5, 0.6) is 0 Å². The quantitative estimate of drug-likeness (QED) is 0.484. The second kappa shape index (κ2) is 6.33. The van der Waals surface area contributed by atoms with E-state index in [1.807, 2.05) is 0 Å². The van der Waals surface area contributed by atoms with Gasteiger partial charge in [-0.15, -0.1) is 0 Å². The molecule has 0 aliphatic heterocycles. The van der Waals surface area contributed by atoms with Crippen molar-refractivity contribution in [3.63, 3.8) is 0 Å². The fraction of sp³-hybridized carbons (Fsp3) is 0.900. The van der Waals surface area contributed by atoms with Gasteiger partial charge in [0.15, 0.2) is 0 Å². The van der Waals surface area contributed by atoms with E-state index in [0.29, 0.717) is 0 Å². The highest BCUT2D eigenvalue weighted by Crippen LogP contribution is 2.23. The number of ether oxygens (including phenoxy) is 1. The van der Waals surface area contributed by atoms with E-state index in [0.717, 1.165) is 12.8 Å². The average molecular weight is 272 g/mol. The SMILES string of the molecule is NC(=O)C(CCOCC(F)(F)C(F)F)NC1CC1. The molecule has 1 aliphatic rings. The molecule has 3 N–H and O–H groups in total. The van der Waals surface area contributed by atoms with Crippen LogP contribution in [0, 0.1) is 0 Å². The molecular formula is C10H16F4N2O2. The zero-order valence-corrected chi connectivity index (χ0v) is 9.67. The van der Waals surface area contributed by atoms with Gasteiger partial charge in [0.2, 0.25) is 5.91 Å². The summed E-state index contributed by atoms with van der Waals surface area (Å²) in [6, 6.07) is -0.442. The van der Waals surface area contributed by atoms with E-state index in [1.165, 1.54) is 0 Å². The van der Waals surface area contributed by atoms with Crippen LogP contribution in [0.1, 0.15) is 19.3 Å². The van der Waals surface area contributed by atoms with E-state index < -0.39 is 30.9 Å². The van der Waals surface area contributed by atoms with E-state index in [9.17, 15) is 22.4 Å². The number of nitrogens with two attached hydrogens (primary N) is 1. The molecule has 1 rings (SSSR count). The fourth-order valence-electron chi connectivity index (χ4n) is 1.31. The Kier molecular flexibility index (Phi) is 5.33. The van der Waals surface area contributed by atoms with Gasteiger partial charge in [-0.25, -0.2) is 8.78 Å². The Balaban J connectivity index is 2.20. The van der Waals surface area contributed by atoms with E-state index in [1.54, 1.807) is 0 Å². The number of rotatable bonds is 9. The van der Waals surface area contributed by atoms with Gasteiger partial charge in [-0.3, -0.25) is 4.79 Å². The summed E-state index contributed by atoms with van der Waals surface area (Å²) in [7, 11) is 0. The monoisotopic (exact) mass is 272 g/mol. The minimum absolute atomic E-state index is 0.0884. The highest BCUT2D eigenvalue weighted by atomic mass is 19.3. The molecule has 0 heterocycles. The van der Waals surface area contributed by atoms with Crippen LogP contribution < -0.4 is 11.1 Å². The number of halogens is 4. The van der Waals surface area contributed by atoms with E-state index >= 15 is 0 Å². The lowest BCUT2D eigenvalue weighted by atomic mass is 10.2. The van der Waals surface area contributed by atoms with Crippen molar-refractivity contribution < 1.29 is 27.1 Å². The molecule has 8 heteroatoms. The molecule has 106 valence electrons. The van der Waals surface area contributed by atoms with Gasteiger partial charge in [-0.1, -0.05) is 0 Å². The van der Waals surface area contributed by atoms with Crippen molar-refractivity contribution in [2.24, 2.45) is 5.73 Å². The van der Waals surface area contributed by atoms with Crippen molar-refractivity contribution in [2.75, 3.05) is 13.2 Å². The van der Waals surface area contributed by atoms with Gasteiger partial charge < -0.3 is 15.8 Å². The third-order valence-electron chi connectivity index (χ3n) is 2.52. The lowest BCUT2D eigenvalue weighted by Crippen LogP contribution is -2.43. The van der Waals surface area contributed by atoms with Gasteiger partial charge in [0.25, 0.3) is 0 Å². The number of carbonyl (C=O) groups excluding carboxylic acids is 1. The standard InChI is InChI=1S/C10H16F4N2O2/c11-9(12)10(13,14)5-18-4-3-7(8(15)17)16-6-1-2-6/h6-7,9,16H,1-5H2,(H2,15,17). The molecule has 0 aromatic rings. The smallest absolute Gasteiger partial charge is 0.330 e. The normalized spacial score (nSPS) is 18.1. The van der Waals surface area contributed by atoms with Crippen LogP contribution in [-0.4, -0.2) is 43.6 Å². The summed E-state index contributed by atoms with van der Waals surface area (Å²) < 4.78 is 53.0. The Morgan fingerprint density at radius 2 is 2.06 bits per heavy atom. The Hall–Kier alpha value is -0.890. The summed E-state index contributed by atoms with van der Waals surface area (Å²) in [5, 5.41) is 2.92. The van der Waals surface area contributed by atoms with Crippen LogP contribution in [0.15, 0.2) is 0 Å². The second-order valence-electron chi connectivity index (χ2n) is 4.30. The first-order valence-electron chi connectivity index (χ1n) is 5.62. The average Bonchev–Trinajstić information content (AvgIpc) is 3.05. The largest absolute Gasteiger partial charge is 0.375 e. The molecule has 1 atom stereocenters. The molecule has 18 heavy (non-hydrogen) atoms. The van der Waals surface area contributed by atoms with E-state index in [-0.39, 0.29) is 19.1 Å². The van der Waals surface area contributed by atoms with Gasteiger partial charge in [-0.05, 0) is 19.3 Å². The molecule has 1 saturated carbocycles. The second-order valence-corrected chi connectivity index (χ2v) is 4.30. The van der Waals surface area contributed by atoms with Crippen LogP contribution >= 0.6 is 0 Å². The zero-order chi connectivity index (χ0) is 13.8. The Morgan fingerprint density at radius 1 is 1.44 bits per heavy atom. The molecule has 0 aromatic carbocycles. The third kappa shape index (κ3) is 5.18. The zero-order valence-electron chi connectivity index (χ0n) is 9.67. The molecule has 1 unspecified atom stereocenters. The van der Waals surface area contributed by atoms with Crippen LogP contribution in [0.25, 0.3) is 0 Å². The minimum atomic E-state index is -4.16. The number of alkyl halides is 4. The van der Waals surface area contributed by atoms with Crippen molar-refractivity contribution in [3.05, 3.63) is 0 Å². The predicted octanol–water partition coefficient (Wildman–Crippen LogP) is 0.899. The number of amides is 1. The predicted molar refractivity (Wildman–Crippen MR) is 55.5 cm³/mol. The Labute approximate surface area is 102 Å². The first-order valence-corrected chi connectivity index (χ1v) is 5.62. The number of nitrogens with one attached hydrogen (secondary N) is 1. The van der Waals surface area contributed by atoms with Gasteiger partial charge in [0.05, 0.1) is 6.04 Å². The maximum atomic E-state index is 12.5. The maximum absolute atomic E-state index is 12.5. The molecule has 0 aromatic heterocycles. The molecule has 0 saturated heterocycles. The lowest BCUT2D eigenvalue weighted by molar-refractivity contribution is -0.166. The summed E-state index contributed by atoms with van der Waals surface area (Å²) in [6.07, 6.45) is -1.79. The van der Waals surface area contributed by atoms with Crippen LogP contribution in [0.2, 0.25) is 0 Å². The summed E-state index contributed by atoms with van der Waals surface area (Å²) in [6.45, 7) is -1.59.